The third-order valence-electron chi connectivity index (χ3n) is 6.83. The first kappa shape index (κ1) is 27.2. The summed E-state index contributed by atoms with van der Waals surface area (Å²) in [6.45, 7) is 8.89. The van der Waals surface area contributed by atoms with E-state index in [0.29, 0.717) is 5.69 Å². The average molecular weight is 513 g/mol. The molecule has 9 heteroatoms. The Hall–Kier alpha value is -2.82. The lowest BCUT2D eigenvalue weighted by Crippen LogP contribution is -2.47. The van der Waals surface area contributed by atoms with Gasteiger partial charge in [0.25, 0.3) is 5.91 Å². The number of aliphatic hydroxyl groups excluding tert-OH is 1. The molecule has 0 unspecified atom stereocenters. The largest absolute Gasteiger partial charge is 0.453 e. The van der Waals surface area contributed by atoms with Crippen molar-refractivity contribution in [3.63, 3.8) is 0 Å². The number of hydrogen-bond donors (Lipinski definition) is 2. The number of anilines is 1. The van der Waals surface area contributed by atoms with Crippen LogP contribution in [-0.2, 0) is 35.1 Å². The van der Waals surface area contributed by atoms with Crippen LogP contribution in [0, 0.1) is 5.92 Å². The Morgan fingerprint density at radius 1 is 1.05 bits per heavy atom. The van der Waals surface area contributed by atoms with Crippen molar-refractivity contribution < 1.29 is 33.6 Å². The number of morpholine rings is 1. The van der Waals surface area contributed by atoms with Gasteiger partial charge in [0.05, 0.1) is 32.0 Å². The maximum Gasteiger partial charge on any atom is 0.303 e. The standard InChI is InChI=1S/C28H36N2O7/c1-18-25(16-30-12-14-34-15-13-30)36-28(37-26(18)22-6-4-21(17-31)5-7-22)23-8-10-24(11-9-23)29-27(33)19(2)35-20(3)32/h4-11,18-19,25-26,28,31H,12-17H2,1-3H3,(H,29,33)/t18-,19-,25+,26+,28+/m0/s1. The molecule has 2 aromatic carbocycles. The Morgan fingerprint density at radius 2 is 1.70 bits per heavy atom. The summed E-state index contributed by atoms with van der Waals surface area (Å²) >= 11 is 0. The molecular weight excluding hydrogens is 476 g/mol. The van der Waals surface area contributed by atoms with Crippen LogP contribution in [0.3, 0.4) is 0 Å². The summed E-state index contributed by atoms with van der Waals surface area (Å²) in [5.74, 6) is -0.815. The van der Waals surface area contributed by atoms with Crippen molar-refractivity contribution in [1.29, 1.82) is 0 Å². The Bertz CT molecular complexity index is 1040. The van der Waals surface area contributed by atoms with E-state index in [4.69, 9.17) is 18.9 Å². The number of esters is 1. The molecule has 2 saturated heterocycles. The molecule has 4 rings (SSSR count). The van der Waals surface area contributed by atoms with E-state index in [2.05, 4.69) is 17.1 Å². The van der Waals surface area contributed by atoms with Crippen LogP contribution in [0.1, 0.15) is 49.9 Å². The van der Waals surface area contributed by atoms with Gasteiger partial charge in [0.2, 0.25) is 0 Å². The smallest absolute Gasteiger partial charge is 0.303 e. The number of hydrogen-bond acceptors (Lipinski definition) is 8. The van der Waals surface area contributed by atoms with E-state index in [0.717, 1.165) is 49.5 Å². The van der Waals surface area contributed by atoms with Crippen molar-refractivity contribution in [2.45, 2.75) is 52.0 Å². The van der Waals surface area contributed by atoms with Crippen molar-refractivity contribution in [1.82, 2.24) is 4.90 Å². The van der Waals surface area contributed by atoms with Gasteiger partial charge < -0.3 is 29.4 Å². The molecule has 5 atom stereocenters. The first-order valence-electron chi connectivity index (χ1n) is 12.7. The molecule has 37 heavy (non-hydrogen) atoms. The molecule has 1 amide bonds. The zero-order chi connectivity index (χ0) is 26.4. The van der Waals surface area contributed by atoms with Crippen LogP contribution in [-0.4, -0.2) is 66.9 Å². The predicted octanol–water partition coefficient (Wildman–Crippen LogP) is 3.19. The minimum absolute atomic E-state index is 0.00467. The van der Waals surface area contributed by atoms with Gasteiger partial charge in [-0.2, -0.15) is 0 Å². The molecule has 0 aliphatic carbocycles. The normalized spacial score (nSPS) is 25.3. The fourth-order valence-corrected chi connectivity index (χ4v) is 4.64. The van der Waals surface area contributed by atoms with Gasteiger partial charge in [-0.1, -0.05) is 43.3 Å². The quantitative estimate of drug-likeness (QED) is 0.520. The van der Waals surface area contributed by atoms with Crippen molar-refractivity contribution in [2.75, 3.05) is 38.2 Å². The topological polar surface area (TPSA) is 107 Å². The Balaban J connectivity index is 1.50. The van der Waals surface area contributed by atoms with E-state index < -0.39 is 24.3 Å². The first-order valence-corrected chi connectivity index (χ1v) is 12.7. The summed E-state index contributed by atoms with van der Waals surface area (Å²) in [6, 6.07) is 15.1. The highest BCUT2D eigenvalue weighted by Crippen LogP contribution is 2.42. The monoisotopic (exact) mass is 512 g/mol. The molecule has 2 N–H and O–H groups in total. The third-order valence-corrected chi connectivity index (χ3v) is 6.83. The second kappa shape index (κ2) is 12.6. The van der Waals surface area contributed by atoms with Gasteiger partial charge in [0.1, 0.15) is 0 Å². The van der Waals surface area contributed by atoms with Gasteiger partial charge in [-0.3, -0.25) is 14.5 Å². The van der Waals surface area contributed by atoms with Gasteiger partial charge >= 0.3 is 5.97 Å². The summed E-state index contributed by atoms with van der Waals surface area (Å²) in [7, 11) is 0. The number of amides is 1. The number of benzene rings is 2. The van der Waals surface area contributed by atoms with Crippen molar-refractivity contribution in [3.8, 4) is 0 Å². The van der Waals surface area contributed by atoms with Crippen LogP contribution in [0.5, 0.6) is 0 Å². The minimum atomic E-state index is -0.886. The number of carbonyl (C=O) groups excluding carboxylic acids is 2. The van der Waals surface area contributed by atoms with E-state index >= 15 is 0 Å². The number of nitrogens with zero attached hydrogens (tertiary/aromatic N) is 1. The van der Waals surface area contributed by atoms with Crippen LogP contribution in [0.4, 0.5) is 5.69 Å². The number of carbonyl (C=O) groups is 2. The highest BCUT2D eigenvalue weighted by molar-refractivity contribution is 5.94. The van der Waals surface area contributed by atoms with Gasteiger partial charge in [0, 0.05) is 43.7 Å². The highest BCUT2D eigenvalue weighted by Gasteiger charge is 2.39. The molecule has 0 radical (unpaired) electrons. The lowest BCUT2D eigenvalue weighted by atomic mass is 9.90. The molecule has 2 heterocycles. The second-order valence-electron chi connectivity index (χ2n) is 9.60. The average Bonchev–Trinajstić information content (AvgIpc) is 2.90. The third kappa shape index (κ3) is 7.15. The summed E-state index contributed by atoms with van der Waals surface area (Å²) in [5.41, 5.74) is 3.30. The minimum Gasteiger partial charge on any atom is -0.453 e. The molecule has 2 aromatic rings. The van der Waals surface area contributed by atoms with Gasteiger partial charge in [-0.05, 0) is 30.2 Å². The number of nitrogens with one attached hydrogen (secondary N) is 1. The fraction of sp³-hybridized carbons (Fsp3) is 0.500. The molecule has 0 spiro atoms. The fourth-order valence-electron chi connectivity index (χ4n) is 4.64. The predicted molar refractivity (Wildman–Crippen MR) is 137 cm³/mol. The molecule has 2 aliphatic rings. The molecule has 2 aliphatic heterocycles. The second-order valence-corrected chi connectivity index (χ2v) is 9.60. The number of aliphatic hydroxyl groups is 1. The highest BCUT2D eigenvalue weighted by atomic mass is 16.7. The SMILES string of the molecule is CC(=O)O[C@@H](C)C(=O)Nc1ccc([C@@H]2O[C@H](CN3CCOCC3)[C@H](C)[C@H](c3ccc(CO)cc3)O2)cc1. The molecular formula is C28H36N2O7. The molecule has 0 aromatic heterocycles. The Labute approximate surface area is 217 Å². The number of rotatable bonds is 8. The van der Waals surface area contributed by atoms with Gasteiger partial charge in [0.15, 0.2) is 12.4 Å². The van der Waals surface area contributed by atoms with Crippen LogP contribution >= 0.6 is 0 Å². The lowest BCUT2D eigenvalue weighted by Gasteiger charge is -2.43. The maximum absolute atomic E-state index is 12.3. The van der Waals surface area contributed by atoms with Crippen LogP contribution in [0.2, 0.25) is 0 Å². The molecule has 2 fully saturated rings. The molecule has 200 valence electrons. The van der Waals surface area contributed by atoms with Gasteiger partial charge in [-0.25, -0.2) is 0 Å². The van der Waals surface area contributed by atoms with Gasteiger partial charge in [-0.15, -0.1) is 0 Å². The van der Waals surface area contributed by atoms with Crippen molar-refractivity contribution in [3.05, 3.63) is 65.2 Å². The van der Waals surface area contributed by atoms with Crippen LogP contribution in [0.15, 0.2) is 48.5 Å². The van der Waals surface area contributed by atoms with E-state index in [1.807, 2.05) is 36.4 Å². The van der Waals surface area contributed by atoms with E-state index in [1.54, 1.807) is 12.1 Å². The lowest BCUT2D eigenvalue weighted by molar-refractivity contribution is -0.277. The summed E-state index contributed by atoms with van der Waals surface area (Å²) in [6.07, 6.45) is -1.73. The van der Waals surface area contributed by atoms with Crippen LogP contribution in [0.25, 0.3) is 0 Å². The summed E-state index contributed by atoms with van der Waals surface area (Å²) in [4.78, 5) is 25.8. The summed E-state index contributed by atoms with van der Waals surface area (Å²) < 4.78 is 23.4. The van der Waals surface area contributed by atoms with E-state index in [-0.39, 0.29) is 24.7 Å². The zero-order valence-corrected chi connectivity index (χ0v) is 21.6. The first-order chi connectivity index (χ1) is 17.8. The Kier molecular flexibility index (Phi) is 9.28. The molecule has 9 nitrogen and oxygen atoms in total. The summed E-state index contributed by atoms with van der Waals surface area (Å²) in [5, 5.41) is 12.2. The number of ether oxygens (including phenoxy) is 4. The van der Waals surface area contributed by atoms with Crippen molar-refractivity contribution >= 4 is 17.6 Å². The van der Waals surface area contributed by atoms with E-state index in [1.165, 1.54) is 13.8 Å². The van der Waals surface area contributed by atoms with Crippen molar-refractivity contribution in [2.24, 2.45) is 5.92 Å². The van der Waals surface area contributed by atoms with Crippen LogP contribution < -0.4 is 5.32 Å². The van der Waals surface area contributed by atoms with E-state index in [9.17, 15) is 14.7 Å². The maximum atomic E-state index is 12.3. The zero-order valence-electron chi connectivity index (χ0n) is 21.6. The molecule has 0 saturated carbocycles. The Morgan fingerprint density at radius 3 is 2.32 bits per heavy atom. The molecule has 0 bridgehead atoms.